The standard InChI is InChI=1S/C23H23N3S/c1-15-13-21-23(14-20(15)24-16-7-8-16)26(17-9-11-18(27-2)12-10-17)22-6-4-3-5-19(22)25-21/h5-6,9-14,16H,3-4,7-8H2,1-2H3. The van der Waals surface area contributed by atoms with Crippen molar-refractivity contribution in [1.29, 1.82) is 0 Å². The van der Waals surface area contributed by atoms with Gasteiger partial charge >= 0.3 is 0 Å². The third kappa shape index (κ3) is 3.12. The number of thioether (sulfide) groups is 1. The molecule has 1 aromatic rings. The van der Waals surface area contributed by atoms with Crippen LogP contribution in [0.3, 0.4) is 0 Å². The molecule has 0 atom stereocenters. The Labute approximate surface area is 163 Å². The summed E-state index contributed by atoms with van der Waals surface area (Å²) in [6.07, 6.45) is 11.3. The minimum atomic E-state index is 0.515. The molecule has 1 saturated carbocycles. The molecular weight excluding hydrogens is 350 g/mol. The summed E-state index contributed by atoms with van der Waals surface area (Å²) in [5.74, 6) is 0. The molecule has 5 rings (SSSR count). The largest absolute Gasteiger partial charge is 0.306 e. The van der Waals surface area contributed by atoms with Crippen molar-refractivity contribution < 1.29 is 0 Å². The van der Waals surface area contributed by atoms with Crippen LogP contribution in [0.2, 0.25) is 0 Å². The lowest BCUT2D eigenvalue weighted by Crippen LogP contribution is -2.40. The second-order valence-corrected chi connectivity index (χ2v) is 8.27. The monoisotopic (exact) mass is 373 g/mol. The number of fused-ring (bicyclic) bond motifs is 2. The molecule has 0 spiro atoms. The number of benzene rings is 2. The number of rotatable bonds is 3. The second-order valence-electron chi connectivity index (χ2n) is 7.39. The lowest BCUT2D eigenvalue weighted by atomic mass is 10.1. The van der Waals surface area contributed by atoms with E-state index in [4.69, 9.17) is 9.98 Å². The van der Waals surface area contributed by atoms with E-state index in [1.165, 1.54) is 34.3 Å². The van der Waals surface area contributed by atoms with Crippen LogP contribution in [0.4, 0.5) is 0 Å². The average molecular weight is 374 g/mol. The van der Waals surface area contributed by atoms with Crippen LogP contribution in [0.15, 0.2) is 46.3 Å². The van der Waals surface area contributed by atoms with Crippen molar-refractivity contribution in [3.8, 4) is 17.1 Å². The van der Waals surface area contributed by atoms with Crippen molar-refractivity contribution in [3.63, 3.8) is 0 Å². The number of aryl methyl sites for hydroxylation is 1. The Morgan fingerprint density at radius 1 is 1.07 bits per heavy atom. The minimum Gasteiger partial charge on any atom is -0.306 e. The number of aromatic nitrogens is 2. The number of nitrogens with zero attached hydrogens (tertiary/aromatic N) is 3. The van der Waals surface area contributed by atoms with E-state index in [0.717, 1.165) is 34.9 Å². The zero-order chi connectivity index (χ0) is 18.4. The van der Waals surface area contributed by atoms with E-state index in [9.17, 15) is 0 Å². The van der Waals surface area contributed by atoms with Crippen LogP contribution in [0.25, 0.3) is 29.2 Å². The van der Waals surface area contributed by atoms with Gasteiger partial charge in [0.25, 0.3) is 0 Å². The predicted molar refractivity (Wildman–Crippen MR) is 113 cm³/mol. The van der Waals surface area contributed by atoms with Crippen LogP contribution in [0.5, 0.6) is 0 Å². The molecule has 1 aromatic carbocycles. The number of hydrogen-bond donors (Lipinski definition) is 0. The highest BCUT2D eigenvalue weighted by molar-refractivity contribution is 7.98. The van der Waals surface area contributed by atoms with Gasteiger partial charge in [-0.2, -0.15) is 0 Å². The summed E-state index contributed by atoms with van der Waals surface area (Å²) >= 11 is 1.77. The van der Waals surface area contributed by atoms with Crippen molar-refractivity contribution in [2.45, 2.75) is 43.5 Å². The molecule has 1 aliphatic heterocycles. The molecule has 1 heterocycles. The SMILES string of the molecule is CSc1ccc(-n2c3cc(=NC4CC4)c(C)cc-3nc3c2=CCCC=3)cc1. The second kappa shape index (κ2) is 6.68. The van der Waals surface area contributed by atoms with Gasteiger partial charge in [-0.1, -0.05) is 12.2 Å². The van der Waals surface area contributed by atoms with Gasteiger partial charge in [-0.05, 0) is 80.8 Å². The van der Waals surface area contributed by atoms with E-state index in [1.54, 1.807) is 11.8 Å². The summed E-state index contributed by atoms with van der Waals surface area (Å²) in [7, 11) is 0. The maximum absolute atomic E-state index is 4.98. The van der Waals surface area contributed by atoms with Crippen molar-refractivity contribution in [1.82, 2.24) is 9.55 Å². The van der Waals surface area contributed by atoms with Crippen LogP contribution in [0.1, 0.15) is 31.2 Å². The molecule has 0 unspecified atom stereocenters. The van der Waals surface area contributed by atoms with E-state index in [0.29, 0.717) is 6.04 Å². The van der Waals surface area contributed by atoms with Crippen molar-refractivity contribution >= 4 is 23.9 Å². The average Bonchev–Trinajstić information content (AvgIpc) is 3.51. The van der Waals surface area contributed by atoms with E-state index >= 15 is 0 Å². The smallest absolute Gasteiger partial charge is 0.0882 e. The minimum absolute atomic E-state index is 0.515. The molecule has 0 radical (unpaired) electrons. The fourth-order valence-electron chi connectivity index (χ4n) is 3.71. The van der Waals surface area contributed by atoms with E-state index < -0.39 is 0 Å². The van der Waals surface area contributed by atoms with Gasteiger partial charge in [0.05, 0.1) is 33.5 Å². The molecule has 3 aliphatic carbocycles. The summed E-state index contributed by atoms with van der Waals surface area (Å²) in [5, 5.41) is 3.40. The van der Waals surface area contributed by atoms with Gasteiger partial charge in [-0.15, -0.1) is 11.8 Å². The summed E-state index contributed by atoms with van der Waals surface area (Å²) in [6, 6.07) is 13.8. The number of hydrogen-bond acceptors (Lipinski definition) is 3. The van der Waals surface area contributed by atoms with Gasteiger partial charge in [-0.3, -0.25) is 4.99 Å². The molecule has 27 heavy (non-hydrogen) atoms. The van der Waals surface area contributed by atoms with Crippen molar-refractivity contribution in [2.75, 3.05) is 6.26 Å². The molecule has 4 aliphatic rings. The lowest BCUT2D eigenvalue weighted by molar-refractivity contribution is 0.907. The first-order valence-electron chi connectivity index (χ1n) is 9.65. The highest BCUT2D eigenvalue weighted by atomic mass is 32.2. The zero-order valence-electron chi connectivity index (χ0n) is 15.8. The molecule has 1 fully saturated rings. The van der Waals surface area contributed by atoms with Gasteiger partial charge in [-0.25, -0.2) is 4.98 Å². The highest BCUT2D eigenvalue weighted by Gasteiger charge is 2.20. The third-order valence-electron chi connectivity index (χ3n) is 5.32. The highest BCUT2D eigenvalue weighted by Crippen LogP contribution is 2.25. The molecule has 0 amide bonds. The van der Waals surface area contributed by atoms with Crippen molar-refractivity contribution in [2.24, 2.45) is 4.99 Å². The van der Waals surface area contributed by atoms with Gasteiger partial charge in [0.15, 0.2) is 0 Å². The first-order valence-corrected chi connectivity index (χ1v) is 10.9. The molecule has 4 heteroatoms. The summed E-state index contributed by atoms with van der Waals surface area (Å²) in [6.45, 7) is 2.15. The summed E-state index contributed by atoms with van der Waals surface area (Å²) < 4.78 is 2.36. The molecular formula is C23H23N3S. The first kappa shape index (κ1) is 16.8. The lowest BCUT2D eigenvalue weighted by Gasteiger charge is -2.19. The Balaban J connectivity index is 1.86. The zero-order valence-corrected chi connectivity index (χ0v) is 16.6. The van der Waals surface area contributed by atoms with Gasteiger partial charge in [0, 0.05) is 10.6 Å². The fourth-order valence-corrected chi connectivity index (χ4v) is 4.11. The Morgan fingerprint density at radius 2 is 1.85 bits per heavy atom. The predicted octanol–water partition coefficient (Wildman–Crippen LogP) is 3.43. The molecule has 136 valence electrons. The Kier molecular flexibility index (Phi) is 4.16. The molecule has 3 nitrogen and oxygen atoms in total. The summed E-state index contributed by atoms with van der Waals surface area (Å²) in [5.41, 5.74) is 4.58. The molecule has 0 saturated heterocycles. The topological polar surface area (TPSA) is 30.2 Å². The van der Waals surface area contributed by atoms with E-state index in [-0.39, 0.29) is 0 Å². The summed E-state index contributed by atoms with van der Waals surface area (Å²) in [4.78, 5) is 11.2. The Morgan fingerprint density at radius 3 is 2.59 bits per heavy atom. The van der Waals surface area contributed by atoms with Crippen LogP contribution in [-0.4, -0.2) is 21.8 Å². The quantitative estimate of drug-likeness (QED) is 0.659. The van der Waals surface area contributed by atoms with Gasteiger partial charge in [0.1, 0.15) is 0 Å². The van der Waals surface area contributed by atoms with E-state index in [2.05, 4.69) is 66.3 Å². The first-order chi connectivity index (χ1) is 13.2. The van der Waals surface area contributed by atoms with Crippen LogP contribution >= 0.6 is 11.8 Å². The maximum atomic E-state index is 4.98. The molecule has 0 aromatic heterocycles. The normalized spacial score (nSPS) is 16.7. The third-order valence-corrected chi connectivity index (χ3v) is 6.06. The fraction of sp³-hybridized carbons (Fsp3) is 0.304. The van der Waals surface area contributed by atoms with E-state index in [1.807, 2.05) is 0 Å². The maximum Gasteiger partial charge on any atom is 0.0882 e. The molecule has 0 N–H and O–H groups in total. The Bertz CT molecular complexity index is 1170. The van der Waals surface area contributed by atoms with Crippen LogP contribution in [0, 0.1) is 6.92 Å². The Hall–Kier alpha value is -2.33. The van der Waals surface area contributed by atoms with Crippen molar-refractivity contribution in [3.05, 3.63) is 58.0 Å². The van der Waals surface area contributed by atoms with Crippen LogP contribution in [-0.2, 0) is 0 Å². The molecule has 0 bridgehead atoms. The van der Waals surface area contributed by atoms with Gasteiger partial charge in [0.2, 0.25) is 0 Å². The van der Waals surface area contributed by atoms with Crippen LogP contribution < -0.4 is 16.1 Å². The van der Waals surface area contributed by atoms with Gasteiger partial charge < -0.3 is 4.57 Å².